The van der Waals surface area contributed by atoms with Gasteiger partial charge >= 0.3 is 5.97 Å². The fraction of sp³-hybridized carbons (Fsp3) is 0.467. The van der Waals surface area contributed by atoms with Gasteiger partial charge in [0, 0.05) is 18.8 Å². The maximum absolute atomic E-state index is 12.0. The Bertz CT molecular complexity index is 528. The van der Waals surface area contributed by atoms with E-state index in [-0.39, 0.29) is 11.9 Å². The topological polar surface area (TPSA) is 69.6 Å². The van der Waals surface area contributed by atoms with E-state index >= 15 is 0 Å². The summed E-state index contributed by atoms with van der Waals surface area (Å²) in [5, 5.41) is 12.1. The summed E-state index contributed by atoms with van der Waals surface area (Å²) in [6, 6.07) is 4.97. The molecule has 1 unspecified atom stereocenters. The van der Waals surface area contributed by atoms with Crippen LogP contribution in [-0.2, 0) is 11.2 Å². The number of anilines is 1. The number of carbonyl (C=O) groups excluding carboxylic acids is 1. The molecule has 108 valence electrons. The highest BCUT2D eigenvalue weighted by atomic mass is 16.4. The molecule has 0 aromatic heterocycles. The van der Waals surface area contributed by atoms with Crippen molar-refractivity contribution < 1.29 is 14.7 Å². The Labute approximate surface area is 118 Å². The van der Waals surface area contributed by atoms with Crippen LogP contribution in [0.25, 0.3) is 0 Å². The summed E-state index contributed by atoms with van der Waals surface area (Å²) >= 11 is 0. The van der Waals surface area contributed by atoms with Crippen molar-refractivity contribution in [3.8, 4) is 0 Å². The summed E-state index contributed by atoms with van der Waals surface area (Å²) in [6.07, 6.45) is 1.61. The van der Waals surface area contributed by atoms with Crippen LogP contribution in [0.5, 0.6) is 0 Å². The Morgan fingerprint density at radius 1 is 1.45 bits per heavy atom. The zero-order chi connectivity index (χ0) is 14.7. The van der Waals surface area contributed by atoms with E-state index in [1.807, 2.05) is 24.8 Å². The number of benzene rings is 1. The van der Waals surface area contributed by atoms with Crippen LogP contribution in [0.4, 0.5) is 5.69 Å². The minimum absolute atomic E-state index is 0.0268. The van der Waals surface area contributed by atoms with E-state index in [0.717, 1.165) is 30.6 Å². The molecule has 1 aromatic rings. The Kier molecular flexibility index (Phi) is 4.27. The minimum atomic E-state index is -0.908. The number of amides is 1. The lowest BCUT2D eigenvalue weighted by atomic mass is 9.95. The zero-order valence-electron chi connectivity index (χ0n) is 11.8. The van der Waals surface area contributed by atoms with Gasteiger partial charge in [-0.3, -0.25) is 4.79 Å². The second kappa shape index (κ2) is 5.94. The lowest BCUT2D eigenvalue weighted by Crippen LogP contribution is -2.47. The van der Waals surface area contributed by atoms with Crippen molar-refractivity contribution in [1.29, 1.82) is 0 Å². The van der Waals surface area contributed by atoms with Gasteiger partial charge in [-0.2, -0.15) is 0 Å². The molecule has 1 amide bonds. The standard InChI is InChI=1S/C15H20N2O3/c1-3-16-14(18)10(2)17-9-5-7-11-12(15(19)20)6-4-8-13(11)17/h4,6,8,10H,3,5,7,9H2,1-2H3,(H,16,18)(H,19,20). The van der Waals surface area contributed by atoms with E-state index in [4.69, 9.17) is 0 Å². The number of hydrogen-bond donors (Lipinski definition) is 2. The third-order valence-electron chi connectivity index (χ3n) is 3.71. The van der Waals surface area contributed by atoms with E-state index in [2.05, 4.69) is 5.32 Å². The summed E-state index contributed by atoms with van der Waals surface area (Å²) in [5.41, 5.74) is 2.05. The third-order valence-corrected chi connectivity index (χ3v) is 3.71. The quantitative estimate of drug-likeness (QED) is 0.877. The van der Waals surface area contributed by atoms with E-state index in [1.165, 1.54) is 0 Å². The van der Waals surface area contributed by atoms with E-state index < -0.39 is 5.97 Å². The van der Waals surface area contributed by atoms with Gasteiger partial charge in [-0.25, -0.2) is 4.79 Å². The normalized spacial score (nSPS) is 15.4. The molecular weight excluding hydrogens is 256 g/mol. The Hall–Kier alpha value is -2.04. The second-order valence-electron chi connectivity index (χ2n) is 4.98. The van der Waals surface area contributed by atoms with Crippen molar-refractivity contribution in [1.82, 2.24) is 5.32 Å². The molecule has 0 saturated carbocycles. The lowest BCUT2D eigenvalue weighted by Gasteiger charge is -2.36. The summed E-state index contributed by atoms with van der Waals surface area (Å²) in [7, 11) is 0. The van der Waals surface area contributed by atoms with Crippen molar-refractivity contribution in [2.24, 2.45) is 0 Å². The van der Waals surface area contributed by atoms with Crippen LogP contribution in [0.1, 0.15) is 36.2 Å². The first kappa shape index (κ1) is 14.4. The molecule has 0 bridgehead atoms. The number of aromatic carboxylic acids is 1. The number of carboxylic acid groups (broad SMARTS) is 1. The molecule has 1 aliphatic rings. The van der Waals surface area contributed by atoms with Crippen LogP contribution in [-0.4, -0.2) is 36.1 Å². The van der Waals surface area contributed by atoms with Crippen LogP contribution >= 0.6 is 0 Å². The predicted octanol–water partition coefficient (Wildman–Crippen LogP) is 1.66. The number of carbonyl (C=O) groups is 2. The number of nitrogens with one attached hydrogen (secondary N) is 1. The Balaban J connectivity index is 2.35. The zero-order valence-corrected chi connectivity index (χ0v) is 11.8. The SMILES string of the molecule is CCNC(=O)C(C)N1CCCc2c(C(=O)O)cccc21. The van der Waals surface area contributed by atoms with Crippen molar-refractivity contribution in [3.63, 3.8) is 0 Å². The van der Waals surface area contributed by atoms with Crippen molar-refractivity contribution >= 4 is 17.6 Å². The highest BCUT2D eigenvalue weighted by Gasteiger charge is 2.27. The molecule has 1 heterocycles. The monoisotopic (exact) mass is 276 g/mol. The summed E-state index contributed by atoms with van der Waals surface area (Å²) in [6.45, 7) is 5.11. The highest BCUT2D eigenvalue weighted by Crippen LogP contribution is 2.31. The highest BCUT2D eigenvalue weighted by molar-refractivity contribution is 5.92. The number of carboxylic acids is 1. The van der Waals surface area contributed by atoms with Crippen LogP contribution < -0.4 is 10.2 Å². The van der Waals surface area contributed by atoms with Gasteiger partial charge in [0.25, 0.3) is 0 Å². The fourth-order valence-corrected chi connectivity index (χ4v) is 2.72. The number of hydrogen-bond acceptors (Lipinski definition) is 3. The Morgan fingerprint density at radius 3 is 2.85 bits per heavy atom. The van der Waals surface area contributed by atoms with Crippen molar-refractivity contribution in [2.45, 2.75) is 32.7 Å². The van der Waals surface area contributed by atoms with Gasteiger partial charge in [0.1, 0.15) is 6.04 Å². The largest absolute Gasteiger partial charge is 0.478 e. The first-order valence-electron chi connectivity index (χ1n) is 6.95. The van der Waals surface area contributed by atoms with Gasteiger partial charge in [0.05, 0.1) is 5.56 Å². The molecule has 1 aliphatic heterocycles. The molecule has 0 aliphatic carbocycles. The number of nitrogens with zero attached hydrogens (tertiary/aromatic N) is 1. The smallest absolute Gasteiger partial charge is 0.336 e. The third kappa shape index (κ3) is 2.61. The number of fused-ring (bicyclic) bond motifs is 1. The molecule has 2 N–H and O–H groups in total. The van der Waals surface area contributed by atoms with Gasteiger partial charge in [-0.15, -0.1) is 0 Å². The van der Waals surface area contributed by atoms with Crippen LogP contribution in [0.3, 0.4) is 0 Å². The number of rotatable bonds is 4. The van der Waals surface area contributed by atoms with Gasteiger partial charge in [-0.05, 0) is 44.4 Å². The van der Waals surface area contributed by atoms with Gasteiger partial charge in [0.15, 0.2) is 0 Å². The maximum Gasteiger partial charge on any atom is 0.336 e. The molecule has 0 saturated heterocycles. The second-order valence-corrected chi connectivity index (χ2v) is 4.98. The average Bonchev–Trinajstić information content (AvgIpc) is 2.45. The fourth-order valence-electron chi connectivity index (χ4n) is 2.72. The number of likely N-dealkylation sites (N-methyl/N-ethyl adjacent to an activating group) is 1. The first-order valence-corrected chi connectivity index (χ1v) is 6.95. The van der Waals surface area contributed by atoms with Gasteiger partial charge in [0.2, 0.25) is 5.91 Å². The van der Waals surface area contributed by atoms with Gasteiger partial charge in [-0.1, -0.05) is 6.07 Å². The molecular formula is C15H20N2O3. The van der Waals surface area contributed by atoms with E-state index in [1.54, 1.807) is 12.1 Å². The lowest BCUT2D eigenvalue weighted by molar-refractivity contribution is -0.122. The molecule has 1 atom stereocenters. The minimum Gasteiger partial charge on any atom is -0.478 e. The van der Waals surface area contributed by atoms with Crippen LogP contribution in [0.15, 0.2) is 18.2 Å². The first-order chi connectivity index (χ1) is 9.56. The average molecular weight is 276 g/mol. The van der Waals surface area contributed by atoms with Crippen molar-refractivity contribution in [2.75, 3.05) is 18.0 Å². The molecule has 2 rings (SSSR count). The van der Waals surface area contributed by atoms with Crippen LogP contribution in [0.2, 0.25) is 0 Å². The van der Waals surface area contributed by atoms with Crippen molar-refractivity contribution in [3.05, 3.63) is 29.3 Å². The molecule has 5 nitrogen and oxygen atoms in total. The summed E-state index contributed by atoms with van der Waals surface area (Å²) < 4.78 is 0. The Morgan fingerprint density at radius 2 is 2.20 bits per heavy atom. The van der Waals surface area contributed by atoms with Gasteiger partial charge < -0.3 is 15.3 Å². The van der Waals surface area contributed by atoms with Crippen LogP contribution in [0, 0.1) is 0 Å². The summed E-state index contributed by atoms with van der Waals surface area (Å²) in [5.74, 6) is -0.935. The molecule has 20 heavy (non-hydrogen) atoms. The molecule has 1 aromatic carbocycles. The molecule has 5 heteroatoms. The molecule has 0 fully saturated rings. The van der Waals surface area contributed by atoms with E-state index in [0.29, 0.717) is 12.1 Å². The molecule has 0 radical (unpaired) electrons. The maximum atomic E-state index is 12.0. The summed E-state index contributed by atoms with van der Waals surface area (Å²) in [4.78, 5) is 25.3. The molecule has 0 spiro atoms. The van der Waals surface area contributed by atoms with E-state index in [9.17, 15) is 14.7 Å². The predicted molar refractivity (Wildman–Crippen MR) is 77.2 cm³/mol.